The van der Waals surface area contributed by atoms with Crippen LogP contribution in [0.1, 0.15) is 40.2 Å². The first-order valence-corrected chi connectivity index (χ1v) is 15.4. The second-order valence-electron chi connectivity index (χ2n) is 11.4. The summed E-state index contributed by atoms with van der Waals surface area (Å²) in [5.74, 6) is -0.259. The largest absolute Gasteiger partial charge is 0.491 e. The molecule has 1 heterocycles. The molecule has 1 aliphatic rings. The Labute approximate surface area is 269 Å². The molecule has 1 fully saturated rings. The fraction of sp³-hybridized carbons (Fsp3) is 0.270. The van der Waals surface area contributed by atoms with Crippen molar-refractivity contribution in [2.45, 2.75) is 43.9 Å². The summed E-state index contributed by atoms with van der Waals surface area (Å²) in [4.78, 5) is 25.8. The fourth-order valence-corrected chi connectivity index (χ4v) is 5.82. The van der Waals surface area contributed by atoms with Crippen LogP contribution in [-0.2, 0) is 16.0 Å². The molecule has 1 saturated heterocycles. The number of morpholine rings is 1. The zero-order valence-electron chi connectivity index (χ0n) is 25.7. The number of hydrogen-bond donors (Lipinski definition) is 4. The van der Waals surface area contributed by atoms with Crippen LogP contribution in [-0.4, -0.2) is 55.1 Å². The lowest BCUT2D eigenvalue weighted by molar-refractivity contribution is -0.118. The minimum atomic E-state index is -1.28. The predicted molar refractivity (Wildman–Crippen MR) is 176 cm³/mol. The number of benzene rings is 4. The minimum absolute atomic E-state index is 0.0601. The van der Waals surface area contributed by atoms with Crippen LogP contribution in [0, 0.1) is 18.3 Å². The Hall–Kier alpha value is -5.17. The molecule has 0 aromatic heterocycles. The Morgan fingerprint density at radius 2 is 1.61 bits per heavy atom. The van der Waals surface area contributed by atoms with Gasteiger partial charge in [-0.2, -0.15) is 5.26 Å². The number of hydrogen-bond acceptors (Lipinski definition) is 6. The molecule has 2 amide bonds. The van der Waals surface area contributed by atoms with Crippen LogP contribution in [0.15, 0.2) is 103 Å². The van der Waals surface area contributed by atoms with E-state index in [0.29, 0.717) is 43.8 Å². The Kier molecular flexibility index (Phi) is 11.0. The quantitative estimate of drug-likeness (QED) is 0.162. The molecule has 3 atom stereocenters. The van der Waals surface area contributed by atoms with E-state index in [9.17, 15) is 14.7 Å². The second kappa shape index (κ2) is 15.7. The molecule has 46 heavy (non-hydrogen) atoms. The molecule has 9 heteroatoms. The zero-order chi connectivity index (χ0) is 32.3. The molecule has 5 rings (SSSR count). The van der Waals surface area contributed by atoms with Gasteiger partial charge in [-0.15, -0.1) is 0 Å². The van der Waals surface area contributed by atoms with E-state index < -0.39 is 24.0 Å². The van der Waals surface area contributed by atoms with Crippen molar-refractivity contribution in [3.63, 3.8) is 0 Å². The van der Waals surface area contributed by atoms with Crippen LogP contribution < -0.4 is 20.7 Å². The number of carboxylic acid groups (broad SMARTS) is 1. The summed E-state index contributed by atoms with van der Waals surface area (Å²) in [5.41, 5.74) is 4.70. The number of anilines is 1. The van der Waals surface area contributed by atoms with Crippen molar-refractivity contribution in [1.29, 1.82) is 5.26 Å². The molecule has 0 radical (unpaired) electrons. The van der Waals surface area contributed by atoms with Crippen LogP contribution in [0.5, 0.6) is 5.75 Å². The molecule has 236 valence electrons. The van der Waals surface area contributed by atoms with Crippen molar-refractivity contribution in [2.75, 3.05) is 25.0 Å². The Morgan fingerprint density at radius 1 is 0.957 bits per heavy atom. The zero-order valence-corrected chi connectivity index (χ0v) is 25.7. The van der Waals surface area contributed by atoms with Crippen LogP contribution in [0.25, 0.3) is 0 Å². The number of para-hydroxylation sites is 1. The Balaban J connectivity index is 1.25. The molecule has 9 nitrogen and oxygen atoms in total. The molecule has 1 unspecified atom stereocenters. The standard InChI is InChI=1S/C37H38N4O5/c1-25-20-26(21-38)16-19-33(25)45-24-31-23-39-22-30(46-31)18-17-27-10-8-9-15-32(27)40-36(42)35(41-37(43)44)34(28-11-4-2-5-12-28)29-13-6-3-7-14-29/h2-16,19-20,30-31,34-35,39,41H,17-18,22-24H2,1H3,(H,40,42)(H,43,44)/t30-,31+,35?/m1/s1. The first-order chi connectivity index (χ1) is 22.4. The molecular formula is C37H38N4O5. The van der Waals surface area contributed by atoms with Crippen LogP contribution in [0.3, 0.4) is 0 Å². The first-order valence-electron chi connectivity index (χ1n) is 15.4. The van der Waals surface area contributed by atoms with Gasteiger partial charge in [0.15, 0.2) is 0 Å². The summed E-state index contributed by atoms with van der Waals surface area (Å²) < 4.78 is 12.4. The average molecular weight is 619 g/mol. The number of aryl methyl sites for hydroxylation is 2. The normalized spacial score (nSPS) is 16.6. The number of nitrogens with zero attached hydrogens (tertiary/aromatic N) is 1. The number of nitrogens with one attached hydrogen (secondary N) is 3. The number of carbonyl (C=O) groups excluding carboxylic acids is 1. The van der Waals surface area contributed by atoms with Crippen molar-refractivity contribution in [2.24, 2.45) is 0 Å². The summed E-state index contributed by atoms with van der Waals surface area (Å²) in [5, 5.41) is 27.8. The SMILES string of the molecule is Cc1cc(C#N)ccc1OC[C@@H]1CNC[C@@H](CCc2ccccc2NC(=O)C(NC(=O)O)C(c2ccccc2)c2ccccc2)O1. The van der Waals surface area contributed by atoms with Crippen LogP contribution in [0.4, 0.5) is 10.5 Å². The molecular weight excluding hydrogens is 580 g/mol. The smallest absolute Gasteiger partial charge is 0.405 e. The van der Waals surface area contributed by atoms with E-state index in [0.717, 1.165) is 28.0 Å². The van der Waals surface area contributed by atoms with Crippen molar-refractivity contribution in [1.82, 2.24) is 10.6 Å². The summed E-state index contributed by atoms with van der Waals surface area (Å²) in [6, 6.07) is 32.9. The fourth-order valence-electron chi connectivity index (χ4n) is 5.82. The maximum Gasteiger partial charge on any atom is 0.405 e. The topological polar surface area (TPSA) is 133 Å². The average Bonchev–Trinajstić information content (AvgIpc) is 3.08. The van der Waals surface area contributed by atoms with Crippen molar-refractivity contribution >= 4 is 17.7 Å². The number of nitriles is 1. The molecule has 0 aliphatic carbocycles. The molecule has 0 spiro atoms. The van der Waals surface area contributed by atoms with Gasteiger partial charge in [0.1, 0.15) is 24.5 Å². The van der Waals surface area contributed by atoms with Gasteiger partial charge in [0, 0.05) is 24.7 Å². The maximum absolute atomic E-state index is 13.9. The second-order valence-corrected chi connectivity index (χ2v) is 11.4. The van der Waals surface area contributed by atoms with Gasteiger partial charge in [-0.25, -0.2) is 4.79 Å². The van der Waals surface area contributed by atoms with Gasteiger partial charge in [-0.3, -0.25) is 4.79 Å². The van der Waals surface area contributed by atoms with Crippen LogP contribution >= 0.6 is 0 Å². The van der Waals surface area contributed by atoms with E-state index in [-0.39, 0.29) is 12.2 Å². The van der Waals surface area contributed by atoms with Crippen molar-refractivity contribution < 1.29 is 24.2 Å². The third-order valence-electron chi connectivity index (χ3n) is 8.08. The summed E-state index contributed by atoms with van der Waals surface area (Å²) in [6.07, 6.45) is -0.127. The molecule has 4 aromatic rings. The van der Waals surface area contributed by atoms with E-state index >= 15 is 0 Å². The van der Waals surface area contributed by atoms with Gasteiger partial charge >= 0.3 is 6.09 Å². The Bertz CT molecular complexity index is 1620. The van der Waals surface area contributed by atoms with Gasteiger partial charge < -0.3 is 30.5 Å². The summed E-state index contributed by atoms with van der Waals surface area (Å²) >= 11 is 0. The lowest BCUT2D eigenvalue weighted by atomic mass is 9.84. The third kappa shape index (κ3) is 8.51. The lowest BCUT2D eigenvalue weighted by Crippen LogP contribution is -2.47. The summed E-state index contributed by atoms with van der Waals surface area (Å²) in [7, 11) is 0. The highest BCUT2D eigenvalue weighted by atomic mass is 16.5. The summed E-state index contributed by atoms with van der Waals surface area (Å²) in [6.45, 7) is 3.66. The predicted octanol–water partition coefficient (Wildman–Crippen LogP) is 5.64. The van der Waals surface area contributed by atoms with E-state index in [4.69, 9.17) is 14.7 Å². The molecule has 0 saturated carbocycles. The lowest BCUT2D eigenvalue weighted by Gasteiger charge is -2.31. The first kappa shape index (κ1) is 32.2. The van der Waals surface area contributed by atoms with Crippen molar-refractivity contribution in [3.8, 4) is 11.8 Å². The van der Waals surface area contributed by atoms with Crippen molar-refractivity contribution in [3.05, 3.63) is 131 Å². The monoisotopic (exact) mass is 618 g/mol. The highest BCUT2D eigenvalue weighted by Gasteiger charge is 2.33. The molecule has 4 N–H and O–H groups in total. The van der Waals surface area contributed by atoms with E-state index in [1.165, 1.54) is 0 Å². The molecule has 0 bridgehead atoms. The molecule has 1 aliphatic heterocycles. The third-order valence-corrected chi connectivity index (χ3v) is 8.08. The minimum Gasteiger partial charge on any atom is -0.491 e. The van der Waals surface area contributed by atoms with E-state index in [2.05, 4.69) is 22.0 Å². The van der Waals surface area contributed by atoms with E-state index in [1.807, 2.05) is 97.9 Å². The van der Waals surface area contributed by atoms with Gasteiger partial charge in [-0.1, -0.05) is 78.9 Å². The number of ether oxygens (including phenoxy) is 2. The Morgan fingerprint density at radius 3 is 2.26 bits per heavy atom. The van der Waals surface area contributed by atoms with E-state index in [1.54, 1.807) is 12.1 Å². The van der Waals surface area contributed by atoms with Crippen LogP contribution in [0.2, 0.25) is 0 Å². The number of carbonyl (C=O) groups is 2. The maximum atomic E-state index is 13.9. The highest BCUT2D eigenvalue weighted by Crippen LogP contribution is 2.30. The molecule has 4 aromatic carbocycles. The van der Waals surface area contributed by atoms with Gasteiger partial charge in [0.25, 0.3) is 0 Å². The van der Waals surface area contributed by atoms with Gasteiger partial charge in [-0.05, 0) is 66.3 Å². The highest BCUT2D eigenvalue weighted by molar-refractivity contribution is 5.98. The van der Waals surface area contributed by atoms with Gasteiger partial charge in [0.05, 0.1) is 17.7 Å². The van der Waals surface area contributed by atoms with Gasteiger partial charge in [0.2, 0.25) is 5.91 Å². The number of amides is 2. The number of rotatable bonds is 12.